The lowest BCUT2D eigenvalue weighted by Gasteiger charge is -2.32. The highest BCUT2D eigenvalue weighted by Gasteiger charge is 2.51. The molecule has 0 amide bonds. The van der Waals surface area contributed by atoms with Crippen molar-refractivity contribution in [1.82, 2.24) is 4.57 Å². The molecule has 0 bridgehead atoms. The van der Waals surface area contributed by atoms with Crippen molar-refractivity contribution < 1.29 is 18.1 Å². The van der Waals surface area contributed by atoms with Gasteiger partial charge >= 0.3 is 7.12 Å². The fourth-order valence-corrected chi connectivity index (χ4v) is 3.99. The maximum atomic E-state index is 13.5. The van der Waals surface area contributed by atoms with Crippen molar-refractivity contribution in [1.29, 1.82) is 0 Å². The lowest BCUT2D eigenvalue weighted by molar-refractivity contribution is -0.0442. The van der Waals surface area contributed by atoms with Crippen molar-refractivity contribution in [3.63, 3.8) is 0 Å². The quantitative estimate of drug-likeness (QED) is 0.728. The van der Waals surface area contributed by atoms with Crippen LogP contribution >= 0.6 is 0 Å². The number of rotatable bonds is 2. The molecule has 1 aromatic carbocycles. The predicted octanol–water partition coefficient (Wildman–Crippen LogP) is 4.05. The van der Waals surface area contributed by atoms with Crippen LogP contribution in [0.3, 0.4) is 0 Å². The fourth-order valence-electron chi connectivity index (χ4n) is 3.99. The zero-order valence-electron chi connectivity index (χ0n) is 16.8. The summed E-state index contributed by atoms with van der Waals surface area (Å²) < 4.78 is 40.8. The second-order valence-electron chi connectivity index (χ2n) is 9.05. The third-order valence-corrected chi connectivity index (χ3v) is 6.56. The van der Waals surface area contributed by atoms with E-state index in [4.69, 9.17) is 9.31 Å². The van der Waals surface area contributed by atoms with Crippen LogP contribution in [0, 0.1) is 0 Å². The Morgan fingerprint density at radius 2 is 1.64 bits per heavy atom. The average molecular weight is 389 g/mol. The molecule has 0 atom stereocenters. The standard InChI is InChI=1S/C21H26BF2NO3/c1-19(2)20(3,4)28-22(27-19)15-6-5-14-9-12-25(18(26)17(14)13-15)16-7-10-21(23,24)11-8-16/h5-6,9,12-13,16H,7-8,10-11H2,1-4H3. The minimum atomic E-state index is -2.61. The van der Waals surface area contributed by atoms with E-state index in [1.165, 1.54) is 0 Å². The summed E-state index contributed by atoms with van der Waals surface area (Å²) in [4.78, 5) is 13.1. The summed E-state index contributed by atoms with van der Waals surface area (Å²) >= 11 is 0. The Morgan fingerprint density at radius 1 is 1.04 bits per heavy atom. The summed E-state index contributed by atoms with van der Waals surface area (Å²) in [6, 6.07) is 7.30. The molecule has 150 valence electrons. The van der Waals surface area contributed by atoms with Crippen molar-refractivity contribution in [2.75, 3.05) is 0 Å². The number of alkyl halides is 2. The van der Waals surface area contributed by atoms with Gasteiger partial charge in [0.05, 0.1) is 11.2 Å². The number of aromatic nitrogens is 1. The van der Waals surface area contributed by atoms with Gasteiger partial charge in [-0.3, -0.25) is 4.79 Å². The highest BCUT2D eigenvalue weighted by atomic mass is 19.3. The molecule has 1 saturated carbocycles. The molecular weight excluding hydrogens is 363 g/mol. The first-order valence-corrected chi connectivity index (χ1v) is 9.87. The molecule has 2 aliphatic rings. The molecular formula is C21H26BF2NO3. The van der Waals surface area contributed by atoms with Crippen LogP contribution in [0.4, 0.5) is 8.78 Å². The van der Waals surface area contributed by atoms with Crippen LogP contribution < -0.4 is 11.0 Å². The number of benzene rings is 1. The van der Waals surface area contributed by atoms with Gasteiger partial charge in [-0.05, 0) is 63.5 Å². The van der Waals surface area contributed by atoms with Crippen LogP contribution in [0.2, 0.25) is 0 Å². The summed E-state index contributed by atoms with van der Waals surface area (Å²) in [7, 11) is -0.546. The van der Waals surface area contributed by atoms with Crippen molar-refractivity contribution in [3.8, 4) is 0 Å². The summed E-state index contributed by atoms with van der Waals surface area (Å²) in [5.41, 5.74) is -0.282. The van der Waals surface area contributed by atoms with E-state index in [2.05, 4.69) is 0 Å². The zero-order valence-corrected chi connectivity index (χ0v) is 16.8. The number of hydrogen-bond donors (Lipinski definition) is 0. The monoisotopic (exact) mass is 389 g/mol. The van der Waals surface area contributed by atoms with Gasteiger partial charge in [0.25, 0.3) is 5.56 Å². The third-order valence-electron chi connectivity index (χ3n) is 6.56. The van der Waals surface area contributed by atoms with Gasteiger partial charge in [-0.15, -0.1) is 0 Å². The van der Waals surface area contributed by atoms with E-state index in [0.29, 0.717) is 18.2 Å². The van der Waals surface area contributed by atoms with Gasteiger partial charge in [0.2, 0.25) is 5.92 Å². The highest BCUT2D eigenvalue weighted by Crippen LogP contribution is 2.38. The van der Waals surface area contributed by atoms with Gasteiger partial charge in [0.15, 0.2) is 0 Å². The fraction of sp³-hybridized carbons (Fsp3) is 0.571. The third kappa shape index (κ3) is 3.28. The molecule has 1 saturated heterocycles. The van der Waals surface area contributed by atoms with Crippen molar-refractivity contribution >= 4 is 23.4 Å². The van der Waals surface area contributed by atoms with E-state index in [1.54, 1.807) is 10.8 Å². The Balaban J connectivity index is 1.68. The largest absolute Gasteiger partial charge is 0.494 e. The first-order chi connectivity index (χ1) is 13.0. The molecule has 1 aliphatic heterocycles. The minimum absolute atomic E-state index is 0.147. The molecule has 0 radical (unpaired) electrons. The average Bonchev–Trinajstić information content (AvgIpc) is 2.83. The molecule has 7 heteroatoms. The summed E-state index contributed by atoms with van der Waals surface area (Å²) in [5, 5.41) is 1.38. The molecule has 4 nitrogen and oxygen atoms in total. The number of halogens is 2. The number of pyridine rings is 1. The van der Waals surface area contributed by atoms with Crippen LogP contribution in [-0.4, -0.2) is 28.8 Å². The summed E-state index contributed by atoms with van der Waals surface area (Å²) in [6.07, 6.45) is 2.02. The first kappa shape index (κ1) is 19.6. The maximum Gasteiger partial charge on any atom is 0.494 e. The maximum absolute atomic E-state index is 13.5. The topological polar surface area (TPSA) is 40.5 Å². The molecule has 2 heterocycles. The van der Waals surface area contributed by atoms with Crippen molar-refractivity contribution in [2.45, 2.75) is 76.5 Å². The SMILES string of the molecule is CC1(C)OB(c2ccc3ccn(C4CCC(F)(F)CC4)c(=O)c3c2)OC1(C)C. The van der Waals surface area contributed by atoms with Crippen molar-refractivity contribution in [2.24, 2.45) is 0 Å². The normalized spacial score (nSPS) is 24.0. The molecule has 4 rings (SSSR count). The zero-order chi connectivity index (χ0) is 20.3. The van der Waals surface area contributed by atoms with Gasteiger partial charge in [-0.2, -0.15) is 0 Å². The van der Waals surface area contributed by atoms with Crippen LogP contribution in [0.15, 0.2) is 35.3 Å². The molecule has 1 aromatic heterocycles. The van der Waals surface area contributed by atoms with Gasteiger partial charge in [-0.25, -0.2) is 8.78 Å². The van der Waals surface area contributed by atoms with Crippen LogP contribution in [0.1, 0.15) is 59.4 Å². The molecule has 2 fully saturated rings. The lowest BCUT2D eigenvalue weighted by Crippen LogP contribution is -2.41. The smallest absolute Gasteiger partial charge is 0.399 e. The van der Waals surface area contributed by atoms with Gasteiger partial charge < -0.3 is 13.9 Å². The van der Waals surface area contributed by atoms with E-state index in [1.807, 2.05) is 52.0 Å². The molecule has 0 N–H and O–H groups in total. The van der Waals surface area contributed by atoms with Gasteiger partial charge in [0.1, 0.15) is 0 Å². The van der Waals surface area contributed by atoms with E-state index < -0.39 is 24.2 Å². The second-order valence-corrected chi connectivity index (χ2v) is 9.05. The van der Waals surface area contributed by atoms with E-state index in [9.17, 15) is 13.6 Å². The Kier molecular flexibility index (Phi) is 4.47. The first-order valence-electron chi connectivity index (χ1n) is 9.87. The van der Waals surface area contributed by atoms with Crippen LogP contribution in [-0.2, 0) is 9.31 Å². The Morgan fingerprint density at radius 3 is 2.25 bits per heavy atom. The minimum Gasteiger partial charge on any atom is -0.399 e. The molecule has 28 heavy (non-hydrogen) atoms. The highest BCUT2D eigenvalue weighted by molar-refractivity contribution is 6.62. The molecule has 2 aromatic rings. The van der Waals surface area contributed by atoms with Gasteiger partial charge in [-0.1, -0.05) is 12.1 Å². The summed E-state index contributed by atoms with van der Waals surface area (Å²) in [6.45, 7) is 7.94. The summed E-state index contributed by atoms with van der Waals surface area (Å²) in [5.74, 6) is -2.61. The van der Waals surface area contributed by atoms with Gasteiger partial charge in [0, 0.05) is 30.5 Å². The Labute approximate surface area is 164 Å². The number of fused-ring (bicyclic) bond motifs is 1. The number of hydrogen-bond acceptors (Lipinski definition) is 3. The Bertz CT molecular complexity index is 944. The van der Waals surface area contributed by atoms with Crippen molar-refractivity contribution in [3.05, 3.63) is 40.8 Å². The Hall–Kier alpha value is -1.73. The second kappa shape index (κ2) is 6.39. The lowest BCUT2D eigenvalue weighted by atomic mass is 9.78. The van der Waals surface area contributed by atoms with E-state index in [0.717, 1.165) is 10.8 Å². The predicted molar refractivity (Wildman–Crippen MR) is 106 cm³/mol. The number of nitrogens with zero attached hydrogens (tertiary/aromatic N) is 1. The van der Waals surface area contributed by atoms with Crippen LogP contribution in [0.5, 0.6) is 0 Å². The van der Waals surface area contributed by atoms with E-state index in [-0.39, 0.29) is 24.4 Å². The van der Waals surface area contributed by atoms with Crippen LogP contribution in [0.25, 0.3) is 10.8 Å². The van der Waals surface area contributed by atoms with E-state index >= 15 is 0 Å². The molecule has 1 aliphatic carbocycles. The molecule has 0 spiro atoms. The molecule has 0 unspecified atom stereocenters.